The first kappa shape index (κ1) is 11.5. The van der Waals surface area contributed by atoms with Crippen LogP contribution in [0.5, 0.6) is 5.75 Å². The maximum atomic E-state index is 10.3. The first-order valence-electron chi connectivity index (χ1n) is 4.77. The van der Waals surface area contributed by atoms with Gasteiger partial charge in [0.05, 0.1) is 13.0 Å². The molecule has 1 rings (SSSR count). The summed E-state index contributed by atoms with van der Waals surface area (Å²) in [5.74, 6) is -0.151. The zero-order chi connectivity index (χ0) is 11.3. The van der Waals surface area contributed by atoms with Crippen molar-refractivity contribution in [3.63, 3.8) is 0 Å². The Balaban J connectivity index is 2.62. The van der Waals surface area contributed by atoms with Gasteiger partial charge in [-0.25, -0.2) is 0 Å². The molecule has 0 aliphatic carbocycles. The molecular formula is C11H15NO3. The number of hydrogen-bond donors (Lipinski definition) is 2. The molecule has 0 saturated carbocycles. The first-order valence-corrected chi connectivity index (χ1v) is 4.77. The quantitative estimate of drug-likeness (QED) is 0.766. The lowest BCUT2D eigenvalue weighted by Crippen LogP contribution is -2.06. The summed E-state index contributed by atoms with van der Waals surface area (Å²) in [5, 5.41) is 8.46. The molecule has 1 aromatic carbocycles. The van der Waals surface area contributed by atoms with Crippen molar-refractivity contribution >= 4 is 5.97 Å². The number of carboxylic acids is 1. The predicted octanol–water partition coefficient (Wildman–Crippen LogP) is 1.31. The van der Waals surface area contributed by atoms with Crippen LogP contribution in [0.15, 0.2) is 18.2 Å². The zero-order valence-corrected chi connectivity index (χ0v) is 8.69. The molecule has 82 valence electrons. The van der Waals surface area contributed by atoms with Crippen LogP contribution in [0.3, 0.4) is 0 Å². The van der Waals surface area contributed by atoms with Gasteiger partial charge in [0.2, 0.25) is 0 Å². The number of carboxylic acid groups (broad SMARTS) is 1. The molecule has 0 amide bonds. The van der Waals surface area contributed by atoms with E-state index in [4.69, 9.17) is 15.6 Å². The Labute approximate surface area is 88.7 Å². The molecule has 3 N–H and O–H groups in total. The van der Waals surface area contributed by atoms with E-state index >= 15 is 0 Å². The van der Waals surface area contributed by atoms with Gasteiger partial charge in [-0.15, -0.1) is 0 Å². The van der Waals surface area contributed by atoms with Gasteiger partial charge >= 0.3 is 5.97 Å². The van der Waals surface area contributed by atoms with Gasteiger partial charge < -0.3 is 15.6 Å². The minimum absolute atomic E-state index is 0.00624. The second-order valence-corrected chi connectivity index (χ2v) is 3.30. The Bertz CT molecular complexity index is 350. The van der Waals surface area contributed by atoms with Gasteiger partial charge in [-0.05, 0) is 24.1 Å². The van der Waals surface area contributed by atoms with Crippen LogP contribution in [0.25, 0.3) is 0 Å². The van der Waals surface area contributed by atoms with Crippen LogP contribution < -0.4 is 10.5 Å². The lowest BCUT2D eigenvalue weighted by molar-refractivity contribution is -0.137. The molecule has 4 heteroatoms. The van der Waals surface area contributed by atoms with E-state index < -0.39 is 5.97 Å². The molecular weight excluding hydrogens is 194 g/mol. The highest BCUT2D eigenvalue weighted by Crippen LogP contribution is 2.19. The maximum Gasteiger partial charge on any atom is 0.306 e. The number of ether oxygens (including phenoxy) is 1. The zero-order valence-electron chi connectivity index (χ0n) is 8.69. The van der Waals surface area contributed by atoms with Gasteiger partial charge in [-0.1, -0.05) is 12.1 Å². The third kappa shape index (κ3) is 3.59. The van der Waals surface area contributed by atoms with E-state index in [1.165, 1.54) is 0 Å². The number of hydrogen-bond acceptors (Lipinski definition) is 3. The Hall–Kier alpha value is -1.55. The van der Waals surface area contributed by atoms with Gasteiger partial charge in [0.25, 0.3) is 0 Å². The van der Waals surface area contributed by atoms with Gasteiger partial charge in [0.1, 0.15) is 5.75 Å². The molecule has 0 spiro atoms. The van der Waals surface area contributed by atoms with Crippen LogP contribution in [-0.2, 0) is 11.3 Å². The van der Waals surface area contributed by atoms with Crippen LogP contribution in [0.1, 0.15) is 17.5 Å². The van der Waals surface area contributed by atoms with Crippen LogP contribution >= 0.6 is 0 Å². The van der Waals surface area contributed by atoms with Crippen molar-refractivity contribution in [2.75, 3.05) is 6.61 Å². The summed E-state index contributed by atoms with van der Waals surface area (Å²) in [6, 6.07) is 5.69. The summed E-state index contributed by atoms with van der Waals surface area (Å²) >= 11 is 0. The lowest BCUT2D eigenvalue weighted by Gasteiger charge is -2.09. The molecule has 0 radical (unpaired) electrons. The smallest absolute Gasteiger partial charge is 0.306 e. The van der Waals surface area contributed by atoms with E-state index in [0.29, 0.717) is 12.3 Å². The average molecular weight is 209 g/mol. The Morgan fingerprint density at radius 3 is 2.87 bits per heavy atom. The Morgan fingerprint density at radius 2 is 2.27 bits per heavy atom. The summed E-state index contributed by atoms with van der Waals surface area (Å²) in [6.07, 6.45) is 0.00624. The van der Waals surface area contributed by atoms with E-state index in [1.54, 1.807) is 0 Å². The molecule has 0 atom stereocenters. The standard InChI is InChI=1S/C11H15NO3/c1-8-2-3-9(7-12)6-10(8)15-5-4-11(13)14/h2-3,6H,4-5,7,12H2,1H3,(H,13,14). The second kappa shape index (κ2) is 5.36. The average Bonchev–Trinajstić information content (AvgIpc) is 2.20. The Morgan fingerprint density at radius 1 is 1.53 bits per heavy atom. The predicted molar refractivity (Wildman–Crippen MR) is 56.8 cm³/mol. The molecule has 0 bridgehead atoms. The van der Waals surface area contributed by atoms with Gasteiger partial charge in [0, 0.05) is 6.54 Å². The molecule has 4 nitrogen and oxygen atoms in total. The van der Waals surface area contributed by atoms with E-state index in [1.807, 2.05) is 25.1 Å². The SMILES string of the molecule is Cc1ccc(CN)cc1OCCC(=O)O. The fourth-order valence-electron chi connectivity index (χ4n) is 1.18. The largest absolute Gasteiger partial charge is 0.493 e. The number of rotatable bonds is 5. The molecule has 15 heavy (non-hydrogen) atoms. The van der Waals surface area contributed by atoms with E-state index in [-0.39, 0.29) is 13.0 Å². The van der Waals surface area contributed by atoms with Crippen LogP contribution in [-0.4, -0.2) is 17.7 Å². The van der Waals surface area contributed by atoms with Crippen LogP contribution in [0, 0.1) is 6.92 Å². The van der Waals surface area contributed by atoms with Gasteiger partial charge in [-0.3, -0.25) is 4.79 Å². The van der Waals surface area contributed by atoms with Gasteiger partial charge in [0.15, 0.2) is 0 Å². The van der Waals surface area contributed by atoms with E-state index in [0.717, 1.165) is 11.1 Å². The summed E-state index contributed by atoms with van der Waals surface area (Å²) in [4.78, 5) is 10.3. The van der Waals surface area contributed by atoms with Gasteiger partial charge in [-0.2, -0.15) is 0 Å². The minimum Gasteiger partial charge on any atom is -0.493 e. The lowest BCUT2D eigenvalue weighted by atomic mass is 10.1. The highest BCUT2D eigenvalue weighted by molar-refractivity contribution is 5.66. The molecule has 0 unspecified atom stereocenters. The number of carbonyl (C=O) groups is 1. The molecule has 0 aliphatic heterocycles. The van der Waals surface area contributed by atoms with Crippen molar-refractivity contribution in [1.29, 1.82) is 0 Å². The van der Waals surface area contributed by atoms with Crippen molar-refractivity contribution in [2.24, 2.45) is 5.73 Å². The van der Waals surface area contributed by atoms with Crippen molar-refractivity contribution in [3.05, 3.63) is 29.3 Å². The second-order valence-electron chi connectivity index (χ2n) is 3.30. The third-order valence-electron chi connectivity index (χ3n) is 2.06. The highest BCUT2D eigenvalue weighted by atomic mass is 16.5. The molecule has 0 heterocycles. The summed E-state index contributed by atoms with van der Waals surface area (Å²) in [6.45, 7) is 2.55. The maximum absolute atomic E-state index is 10.3. The number of nitrogens with two attached hydrogens (primary N) is 1. The van der Waals surface area contributed by atoms with E-state index in [2.05, 4.69) is 0 Å². The normalized spacial score (nSPS) is 10.0. The fraction of sp³-hybridized carbons (Fsp3) is 0.364. The van der Waals surface area contributed by atoms with Crippen LogP contribution in [0.2, 0.25) is 0 Å². The Kier molecular flexibility index (Phi) is 4.12. The summed E-state index contributed by atoms with van der Waals surface area (Å²) < 4.78 is 5.35. The fourth-order valence-corrected chi connectivity index (χ4v) is 1.18. The number of aliphatic carboxylic acids is 1. The van der Waals surface area contributed by atoms with E-state index in [9.17, 15) is 4.79 Å². The van der Waals surface area contributed by atoms with Crippen molar-refractivity contribution in [2.45, 2.75) is 19.9 Å². The molecule has 0 fully saturated rings. The number of benzene rings is 1. The summed E-state index contributed by atoms with van der Waals surface area (Å²) in [7, 11) is 0. The topological polar surface area (TPSA) is 72.5 Å². The monoisotopic (exact) mass is 209 g/mol. The van der Waals surface area contributed by atoms with Crippen molar-refractivity contribution in [1.82, 2.24) is 0 Å². The molecule has 0 aromatic heterocycles. The first-order chi connectivity index (χ1) is 7.13. The summed E-state index contributed by atoms with van der Waals surface area (Å²) in [5.41, 5.74) is 7.46. The minimum atomic E-state index is -0.859. The van der Waals surface area contributed by atoms with Crippen LogP contribution in [0.4, 0.5) is 0 Å². The van der Waals surface area contributed by atoms with Crippen molar-refractivity contribution in [3.8, 4) is 5.75 Å². The molecule has 0 aliphatic rings. The molecule has 1 aromatic rings. The van der Waals surface area contributed by atoms with Crippen molar-refractivity contribution < 1.29 is 14.6 Å². The third-order valence-corrected chi connectivity index (χ3v) is 2.06. The number of aryl methyl sites for hydroxylation is 1. The molecule has 0 saturated heterocycles. The highest BCUT2D eigenvalue weighted by Gasteiger charge is 2.02.